The molecule has 0 unspecified atom stereocenters. The molecule has 0 amide bonds. The molecule has 1 heterocycles. The molecule has 148 valence electrons. The Morgan fingerprint density at radius 1 is 1.14 bits per heavy atom. The van der Waals surface area contributed by atoms with Gasteiger partial charge in [0.05, 0.1) is 20.7 Å². The van der Waals surface area contributed by atoms with Crippen LogP contribution in [0.3, 0.4) is 0 Å². The smallest absolute Gasteiger partial charge is 0.196 e. The zero-order chi connectivity index (χ0) is 20.1. The van der Waals surface area contributed by atoms with Gasteiger partial charge in [-0.3, -0.25) is 4.57 Å². The Bertz CT molecular complexity index is 911. The van der Waals surface area contributed by atoms with Crippen LogP contribution >= 0.6 is 11.8 Å². The first-order valence-electron chi connectivity index (χ1n) is 9.29. The van der Waals surface area contributed by atoms with E-state index in [1.165, 1.54) is 22.6 Å². The van der Waals surface area contributed by atoms with E-state index >= 15 is 0 Å². The predicted octanol–water partition coefficient (Wildman–Crippen LogP) is 3.09. The lowest BCUT2D eigenvalue weighted by atomic mass is 10.2. The number of nitrogens with one attached hydrogen (secondary N) is 1. The number of thioether (sulfide) groups is 1. The van der Waals surface area contributed by atoms with Gasteiger partial charge >= 0.3 is 0 Å². The standard InChI is InChI=1S/C21H25FN4OS/c1-15-6-5-7-19(14-15)27-12-13-28-21-24-23-20(16(2)25(3)4)26(21)18-10-8-17(22)9-11-18/h5-11,14,16H,12-13H2,1-4H3/p+1/t16-/m1/s1. The third-order valence-corrected chi connectivity index (χ3v) is 5.46. The van der Waals surface area contributed by atoms with Crippen molar-refractivity contribution < 1.29 is 14.0 Å². The van der Waals surface area contributed by atoms with Crippen LogP contribution in [0.2, 0.25) is 0 Å². The zero-order valence-electron chi connectivity index (χ0n) is 16.6. The maximum Gasteiger partial charge on any atom is 0.196 e. The normalized spacial score (nSPS) is 12.4. The average Bonchev–Trinajstić information content (AvgIpc) is 3.09. The largest absolute Gasteiger partial charge is 0.493 e. The molecule has 1 atom stereocenters. The van der Waals surface area contributed by atoms with E-state index in [1.54, 1.807) is 23.9 Å². The van der Waals surface area contributed by atoms with Gasteiger partial charge in [0.25, 0.3) is 0 Å². The van der Waals surface area contributed by atoms with Crippen LogP contribution in [0.25, 0.3) is 5.69 Å². The van der Waals surface area contributed by atoms with Crippen molar-refractivity contribution in [1.82, 2.24) is 14.8 Å². The summed E-state index contributed by atoms with van der Waals surface area (Å²) in [7, 11) is 4.16. The number of hydrogen-bond acceptors (Lipinski definition) is 4. The van der Waals surface area contributed by atoms with Crippen LogP contribution < -0.4 is 9.64 Å². The van der Waals surface area contributed by atoms with Crippen LogP contribution in [0.1, 0.15) is 24.4 Å². The van der Waals surface area contributed by atoms with Crippen LogP contribution in [-0.4, -0.2) is 41.2 Å². The lowest BCUT2D eigenvalue weighted by molar-refractivity contribution is -0.890. The second kappa shape index (κ2) is 9.21. The zero-order valence-corrected chi connectivity index (χ0v) is 17.5. The third-order valence-electron chi connectivity index (χ3n) is 4.57. The van der Waals surface area contributed by atoms with Gasteiger partial charge in [0, 0.05) is 11.4 Å². The van der Waals surface area contributed by atoms with Crippen LogP contribution in [0.4, 0.5) is 4.39 Å². The lowest BCUT2D eigenvalue weighted by Crippen LogP contribution is -3.05. The van der Waals surface area contributed by atoms with Crippen molar-refractivity contribution in [3.05, 3.63) is 65.7 Å². The molecule has 0 saturated carbocycles. The van der Waals surface area contributed by atoms with E-state index in [1.807, 2.05) is 35.8 Å². The fourth-order valence-electron chi connectivity index (χ4n) is 2.74. The van der Waals surface area contributed by atoms with Gasteiger partial charge in [0.1, 0.15) is 17.6 Å². The van der Waals surface area contributed by atoms with Gasteiger partial charge < -0.3 is 9.64 Å². The van der Waals surface area contributed by atoms with E-state index in [4.69, 9.17) is 4.74 Å². The van der Waals surface area contributed by atoms with Crippen molar-refractivity contribution in [1.29, 1.82) is 0 Å². The number of rotatable bonds is 8. The van der Waals surface area contributed by atoms with Gasteiger partial charge in [-0.2, -0.15) is 0 Å². The van der Waals surface area contributed by atoms with Gasteiger partial charge in [-0.05, 0) is 55.8 Å². The molecule has 1 aromatic heterocycles. The molecule has 0 saturated heterocycles. The molecular weight excluding hydrogens is 375 g/mol. The van der Waals surface area contributed by atoms with Crippen LogP contribution in [0.5, 0.6) is 5.75 Å². The quantitative estimate of drug-likeness (QED) is 0.465. The molecule has 7 heteroatoms. The summed E-state index contributed by atoms with van der Waals surface area (Å²) in [5.74, 6) is 2.20. The van der Waals surface area contributed by atoms with E-state index in [2.05, 4.69) is 31.2 Å². The Morgan fingerprint density at radius 3 is 2.57 bits per heavy atom. The molecule has 0 aliphatic carbocycles. The Morgan fingerprint density at radius 2 is 1.89 bits per heavy atom. The maximum atomic E-state index is 13.4. The minimum Gasteiger partial charge on any atom is -0.493 e. The average molecular weight is 402 g/mol. The van der Waals surface area contributed by atoms with Crippen LogP contribution in [-0.2, 0) is 0 Å². The molecule has 0 bridgehead atoms. The van der Waals surface area contributed by atoms with Crippen LogP contribution in [0, 0.1) is 12.7 Å². The molecule has 3 rings (SSSR count). The Hall–Kier alpha value is -2.38. The fraction of sp³-hybridized carbons (Fsp3) is 0.333. The second-order valence-electron chi connectivity index (χ2n) is 6.97. The summed E-state index contributed by atoms with van der Waals surface area (Å²) in [6, 6.07) is 14.6. The number of quaternary nitrogens is 1. The summed E-state index contributed by atoms with van der Waals surface area (Å²) in [5.41, 5.74) is 2.03. The SMILES string of the molecule is Cc1cccc(OCCSc2nnc([C@@H](C)[NH+](C)C)n2-c2ccc(F)cc2)c1. The summed E-state index contributed by atoms with van der Waals surface area (Å²) in [4.78, 5) is 1.25. The van der Waals surface area contributed by atoms with Crippen LogP contribution in [0.15, 0.2) is 53.7 Å². The Labute approximate surface area is 169 Å². The minimum atomic E-state index is -0.259. The van der Waals surface area contributed by atoms with Crippen molar-refractivity contribution in [2.24, 2.45) is 0 Å². The summed E-state index contributed by atoms with van der Waals surface area (Å²) >= 11 is 1.58. The van der Waals surface area contributed by atoms with Crippen molar-refractivity contribution in [2.75, 3.05) is 26.5 Å². The fourth-order valence-corrected chi connectivity index (χ4v) is 3.52. The first-order chi connectivity index (χ1) is 13.5. The molecule has 28 heavy (non-hydrogen) atoms. The number of ether oxygens (including phenoxy) is 1. The van der Waals surface area contributed by atoms with E-state index in [0.29, 0.717) is 6.61 Å². The summed E-state index contributed by atoms with van der Waals surface area (Å²) in [5, 5.41) is 9.59. The van der Waals surface area contributed by atoms with Crippen molar-refractivity contribution in [2.45, 2.75) is 25.0 Å². The third kappa shape index (κ3) is 4.91. The number of benzene rings is 2. The summed E-state index contributed by atoms with van der Waals surface area (Å²) in [6.45, 7) is 4.71. The molecule has 3 aromatic rings. The highest BCUT2D eigenvalue weighted by Gasteiger charge is 2.23. The van der Waals surface area contributed by atoms with E-state index in [9.17, 15) is 4.39 Å². The Balaban J connectivity index is 1.75. The molecule has 0 spiro atoms. The van der Waals surface area contributed by atoms with Gasteiger partial charge in [-0.25, -0.2) is 4.39 Å². The molecule has 1 N–H and O–H groups in total. The number of halogens is 1. The summed E-state index contributed by atoms with van der Waals surface area (Å²) < 4.78 is 21.2. The molecule has 2 aromatic carbocycles. The van der Waals surface area contributed by atoms with E-state index < -0.39 is 0 Å². The number of nitrogens with zero attached hydrogens (tertiary/aromatic N) is 3. The van der Waals surface area contributed by atoms with Gasteiger partial charge in [0.15, 0.2) is 11.0 Å². The first-order valence-corrected chi connectivity index (χ1v) is 10.3. The summed E-state index contributed by atoms with van der Waals surface area (Å²) in [6.07, 6.45) is 0. The molecular formula is C21H26FN4OS+. The number of aromatic nitrogens is 3. The molecule has 0 aliphatic heterocycles. The monoisotopic (exact) mass is 401 g/mol. The molecule has 0 aliphatic rings. The van der Waals surface area contributed by atoms with E-state index in [0.717, 1.165) is 28.2 Å². The van der Waals surface area contributed by atoms with E-state index in [-0.39, 0.29) is 11.9 Å². The Kier molecular flexibility index (Phi) is 6.70. The first kappa shape index (κ1) is 20.4. The number of aryl methyl sites for hydroxylation is 1. The predicted molar refractivity (Wildman–Crippen MR) is 110 cm³/mol. The highest BCUT2D eigenvalue weighted by molar-refractivity contribution is 7.99. The highest BCUT2D eigenvalue weighted by atomic mass is 32.2. The molecule has 5 nitrogen and oxygen atoms in total. The lowest BCUT2D eigenvalue weighted by Gasteiger charge is -2.18. The van der Waals surface area contributed by atoms with Gasteiger partial charge in [-0.15, -0.1) is 10.2 Å². The highest BCUT2D eigenvalue weighted by Crippen LogP contribution is 2.24. The van der Waals surface area contributed by atoms with Crippen molar-refractivity contribution in [3.8, 4) is 11.4 Å². The maximum absolute atomic E-state index is 13.4. The van der Waals surface area contributed by atoms with Gasteiger partial charge in [0.2, 0.25) is 0 Å². The van der Waals surface area contributed by atoms with Gasteiger partial charge in [-0.1, -0.05) is 23.9 Å². The van der Waals surface area contributed by atoms with Crippen molar-refractivity contribution in [3.63, 3.8) is 0 Å². The van der Waals surface area contributed by atoms with Crippen molar-refractivity contribution >= 4 is 11.8 Å². The topological polar surface area (TPSA) is 44.4 Å². The molecule has 0 radical (unpaired) electrons. The molecule has 0 fully saturated rings. The number of hydrogen-bond donors (Lipinski definition) is 1. The second-order valence-corrected chi connectivity index (χ2v) is 8.03. The minimum absolute atomic E-state index is 0.149.